The topological polar surface area (TPSA) is 43.8 Å². The van der Waals surface area contributed by atoms with E-state index in [9.17, 15) is 0 Å². The lowest BCUT2D eigenvalue weighted by Gasteiger charge is -2.26. The van der Waals surface area contributed by atoms with E-state index in [4.69, 9.17) is 5.73 Å². The Kier molecular flexibility index (Phi) is 2.96. The summed E-state index contributed by atoms with van der Waals surface area (Å²) in [6.07, 6.45) is 0. The lowest BCUT2D eigenvalue weighted by Crippen LogP contribution is -2.29. The highest BCUT2D eigenvalue weighted by molar-refractivity contribution is 5.76. The van der Waals surface area contributed by atoms with E-state index in [0.29, 0.717) is 0 Å². The summed E-state index contributed by atoms with van der Waals surface area (Å²) in [7, 11) is 0. The molecule has 17 heavy (non-hydrogen) atoms. The number of hydrogen-bond acceptors (Lipinski definition) is 2. The van der Waals surface area contributed by atoms with Crippen molar-refractivity contribution in [1.29, 1.82) is 0 Å². The van der Waals surface area contributed by atoms with Gasteiger partial charge in [-0.1, -0.05) is 32.9 Å². The number of hydrogen-bond donors (Lipinski definition) is 1. The van der Waals surface area contributed by atoms with Crippen LogP contribution in [0.15, 0.2) is 24.3 Å². The molecule has 0 aliphatic rings. The van der Waals surface area contributed by atoms with Crippen LogP contribution >= 0.6 is 0 Å². The van der Waals surface area contributed by atoms with E-state index in [1.165, 1.54) is 5.52 Å². The molecule has 1 aromatic carbocycles. The van der Waals surface area contributed by atoms with Gasteiger partial charge in [0.25, 0.3) is 0 Å². The third-order valence-corrected chi connectivity index (χ3v) is 3.21. The third-order valence-electron chi connectivity index (χ3n) is 3.21. The average molecular weight is 231 g/mol. The van der Waals surface area contributed by atoms with E-state index in [-0.39, 0.29) is 11.5 Å². The van der Waals surface area contributed by atoms with Crippen LogP contribution in [-0.4, -0.2) is 9.55 Å². The fraction of sp³-hybridized carbons (Fsp3) is 0.500. The number of imidazole rings is 1. The van der Waals surface area contributed by atoms with Crippen molar-refractivity contribution in [1.82, 2.24) is 9.55 Å². The van der Waals surface area contributed by atoms with Crippen LogP contribution in [0.3, 0.4) is 0 Å². The maximum absolute atomic E-state index is 6.33. The molecule has 0 saturated carbocycles. The Labute approximate surface area is 103 Å². The molecule has 3 heteroatoms. The maximum Gasteiger partial charge on any atom is 0.127 e. The molecule has 92 valence electrons. The predicted molar refractivity (Wildman–Crippen MR) is 71.8 cm³/mol. The first-order valence-electron chi connectivity index (χ1n) is 6.16. The van der Waals surface area contributed by atoms with Gasteiger partial charge in [0.05, 0.1) is 17.1 Å². The Morgan fingerprint density at radius 1 is 1.29 bits per heavy atom. The lowest BCUT2D eigenvalue weighted by molar-refractivity contribution is 0.309. The van der Waals surface area contributed by atoms with Gasteiger partial charge in [-0.3, -0.25) is 0 Å². The number of benzene rings is 1. The number of aryl methyl sites for hydroxylation is 1. The minimum Gasteiger partial charge on any atom is -0.327 e. The molecule has 3 nitrogen and oxygen atoms in total. The zero-order valence-electron chi connectivity index (χ0n) is 11.1. The normalized spacial score (nSPS) is 14.2. The number of para-hydroxylation sites is 2. The second-order valence-corrected chi connectivity index (χ2v) is 5.55. The second kappa shape index (κ2) is 4.15. The average Bonchev–Trinajstić information content (AvgIpc) is 2.64. The zero-order chi connectivity index (χ0) is 12.6. The number of nitrogens with zero attached hydrogens (tertiary/aromatic N) is 2. The minimum absolute atomic E-state index is 0.0221. The van der Waals surface area contributed by atoms with E-state index in [1.807, 2.05) is 18.2 Å². The van der Waals surface area contributed by atoms with Crippen LogP contribution in [0.2, 0.25) is 0 Å². The molecule has 0 spiro atoms. The number of fused-ring (bicyclic) bond motifs is 1. The highest BCUT2D eigenvalue weighted by Gasteiger charge is 2.27. The maximum atomic E-state index is 6.33. The van der Waals surface area contributed by atoms with Crippen molar-refractivity contribution in [3.8, 4) is 0 Å². The molecule has 0 aliphatic heterocycles. The predicted octanol–water partition coefficient (Wildman–Crippen LogP) is 3.10. The zero-order valence-corrected chi connectivity index (χ0v) is 11.1. The van der Waals surface area contributed by atoms with Gasteiger partial charge in [-0.2, -0.15) is 0 Å². The molecule has 1 heterocycles. The molecule has 0 bridgehead atoms. The van der Waals surface area contributed by atoms with Gasteiger partial charge in [0.1, 0.15) is 5.82 Å². The summed E-state index contributed by atoms with van der Waals surface area (Å²) in [5.41, 5.74) is 8.55. The van der Waals surface area contributed by atoms with Crippen molar-refractivity contribution in [2.45, 2.75) is 40.3 Å². The van der Waals surface area contributed by atoms with E-state index < -0.39 is 0 Å². The van der Waals surface area contributed by atoms with Gasteiger partial charge >= 0.3 is 0 Å². The summed E-state index contributed by atoms with van der Waals surface area (Å²) >= 11 is 0. The molecule has 0 aliphatic carbocycles. The SMILES string of the molecule is CCn1c(C(N)C(C)(C)C)nc2ccccc21. The van der Waals surface area contributed by atoms with E-state index in [0.717, 1.165) is 17.9 Å². The molecule has 2 N–H and O–H groups in total. The Morgan fingerprint density at radius 3 is 2.53 bits per heavy atom. The van der Waals surface area contributed by atoms with Gasteiger partial charge in [-0.25, -0.2) is 4.98 Å². The summed E-state index contributed by atoms with van der Waals surface area (Å²) in [6, 6.07) is 8.16. The molecule has 0 saturated heterocycles. The van der Waals surface area contributed by atoms with Crippen molar-refractivity contribution in [3.63, 3.8) is 0 Å². The van der Waals surface area contributed by atoms with Crippen LogP contribution in [0, 0.1) is 5.41 Å². The fourth-order valence-corrected chi connectivity index (χ4v) is 2.05. The Balaban J connectivity index is 2.61. The van der Waals surface area contributed by atoms with Crippen molar-refractivity contribution in [3.05, 3.63) is 30.1 Å². The van der Waals surface area contributed by atoms with Crippen molar-refractivity contribution >= 4 is 11.0 Å². The summed E-state index contributed by atoms with van der Waals surface area (Å²) in [5, 5.41) is 0. The first kappa shape index (κ1) is 12.1. The van der Waals surface area contributed by atoms with Crippen LogP contribution < -0.4 is 5.73 Å². The minimum atomic E-state index is -0.0464. The van der Waals surface area contributed by atoms with Crippen LogP contribution in [-0.2, 0) is 6.54 Å². The quantitative estimate of drug-likeness (QED) is 0.863. The standard InChI is InChI=1S/C14H21N3/c1-5-17-11-9-7-6-8-10(11)16-13(17)12(15)14(2,3)4/h6-9,12H,5,15H2,1-4H3. The van der Waals surface area contributed by atoms with Crippen LogP contribution in [0.4, 0.5) is 0 Å². The lowest BCUT2D eigenvalue weighted by atomic mass is 9.87. The molecule has 0 amide bonds. The second-order valence-electron chi connectivity index (χ2n) is 5.55. The van der Waals surface area contributed by atoms with Crippen LogP contribution in [0.25, 0.3) is 11.0 Å². The molecular weight excluding hydrogens is 210 g/mol. The van der Waals surface area contributed by atoms with Gasteiger partial charge in [0.2, 0.25) is 0 Å². The van der Waals surface area contributed by atoms with E-state index in [2.05, 4.69) is 43.3 Å². The molecule has 2 aromatic rings. The Bertz CT molecular complexity index is 520. The van der Waals surface area contributed by atoms with E-state index in [1.54, 1.807) is 0 Å². The van der Waals surface area contributed by atoms with E-state index >= 15 is 0 Å². The van der Waals surface area contributed by atoms with Gasteiger partial charge < -0.3 is 10.3 Å². The fourth-order valence-electron chi connectivity index (χ4n) is 2.05. The van der Waals surface area contributed by atoms with Gasteiger partial charge in [0.15, 0.2) is 0 Å². The molecule has 1 atom stereocenters. The molecule has 2 rings (SSSR count). The van der Waals surface area contributed by atoms with Crippen molar-refractivity contribution in [2.75, 3.05) is 0 Å². The Hall–Kier alpha value is -1.35. The van der Waals surface area contributed by atoms with Gasteiger partial charge in [0, 0.05) is 6.54 Å². The molecular formula is C14H21N3. The largest absolute Gasteiger partial charge is 0.327 e. The van der Waals surface area contributed by atoms with Crippen LogP contribution in [0.1, 0.15) is 39.6 Å². The summed E-state index contributed by atoms with van der Waals surface area (Å²) in [5.74, 6) is 0.987. The summed E-state index contributed by atoms with van der Waals surface area (Å²) < 4.78 is 2.21. The molecule has 0 radical (unpaired) electrons. The van der Waals surface area contributed by atoms with Crippen molar-refractivity contribution in [2.24, 2.45) is 11.1 Å². The highest BCUT2D eigenvalue weighted by Crippen LogP contribution is 2.31. The molecule has 1 unspecified atom stereocenters. The molecule has 0 fully saturated rings. The first-order valence-corrected chi connectivity index (χ1v) is 6.16. The number of rotatable bonds is 2. The molecule has 1 aromatic heterocycles. The first-order chi connectivity index (χ1) is 7.95. The van der Waals surface area contributed by atoms with Gasteiger partial charge in [-0.05, 0) is 24.5 Å². The Morgan fingerprint density at radius 2 is 1.94 bits per heavy atom. The monoisotopic (exact) mass is 231 g/mol. The smallest absolute Gasteiger partial charge is 0.127 e. The van der Waals surface area contributed by atoms with Crippen molar-refractivity contribution < 1.29 is 0 Å². The summed E-state index contributed by atoms with van der Waals surface area (Å²) in [4.78, 5) is 4.69. The van der Waals surface area contributed by atoms with Crippen LogP contribution in [0.5, 0.6) is 0 Å². The highest BCUT2D eigenvalue weighted by atomic mass is 15.1. The van der Waals surface area contributed by atoms with Gasteiger partial charge in [-0.15, -0.1) is 0 Å². The number of nitrogens with two attached hydrogens (primary N) is 1. The summed E-state index contributed by atoms with van der Waals surface area (Å²) in [6.45, 7) is 9.48. The number of aromatic nitrogens is 2. The third kappa shape index (κ3) is 2.07.